The second kappa shape index (κ2) is 4.35. The summed E-state index contributed by atoms with van der Waals surface area (Å²) in [6, 6.07) is 12.4. The topological polar surface area (TPSA) is 54.5 Å². The lowest BCUT2D eigenvalue weighted by Crippen LogP contribution is -2.32. The van der Waals surface area contributed by atoms with Crippen LogP contribution in [0.25, 0.3) is 10.8 Å². The van der Waals surface area contributed by atoms with E-state index in [0.29, 0.717) is 18.2 Å². The molecule has 2 aromatic carbocycles. The Kier molecular flexibility index (Phi) is 2.78. The fraction of sp³-hybridized carbons (Fsp3) is 0.214. The zero-order valence-electron chi connectivity index (χ0n) is 10.2. The lowest BCUT2D eigenvalue weighted by Gasteiger charge is -2.17. The summed E-state index contributed by atoms with van der Waals surface area (Å²) in [4.78, 5) is 11.9. The summed E-state index contributed by atoms with van der Waals surface area (Å²) in [5.41, 5.74) is 0. The van der Waals surface area contributed by atoms with E-state index in [2.05, 4.69) is 0 Å². The first-order chi connectivity index (χ1) is 9.10. The van der Waals surface area contributed by atoms with Crippen LogP contribution in [0.5, 0.6) is 0 Å². The van der Waals surface area contributed by atoms with Crippen LogP contribution in [-0.4, -0.2) is 25.2 Å². The molecule has 5 heteroatoms. The molecular weight excluding hydrogens is 262 g/mol. The Balaban J connectivity index is 2.21. The van der Waals surface area contributed by atoms with Gasteiger partial charge in [0.05, 0.1) is 4.90 Å². The first-order valence-corrected chi connectivity index (χ1v) is 7.58. The fourth-order valence-electron chi connectivity index (χ4n) is 2.42. The number of carbonyl (C=O) groups is 1. The molecule has 0 saturated carbocycles. The Morgan fingerprint density at radius 1 is 1.00 bits per heavy atom. The molecule has 98 valence electrons. The lowest BCUT2D eigenvalue weighted by atomic mass is 10.1. The van der Waals surface area contributed by atoms with Crippen molar-refractivity contribution in [3.8, 4) is 0 Å². The van der Waals surface area contributed by atoms with Gasteiger partial charge in [0.2, 0.25) is 5.91 Å². The number of fused-ring (bicyclic) bond motifs is 1. The minimum Gasteiger partial charge on any atom is -0.274 e. The first kappa shape index (κ1) is 12.2. The highest BCUT2D eigenvalue weighted by Crippen LogP contribution is 2.28. The number of hydrogen-bond donors (Lipinski definition) is 0. The quantitative estimate of drug-likeness (QED) is 0.844. The minimum absolute atomic E-state index is 0.209. The van der Waals surface area contributed by atoms with Crippen molar-refractivity contribution < 1.29 is 13.2 Å². The predicted molar refractivity (Wildman–Crippen MR) is 72.1 cm³/mol. The van der Waals surface area contributed by atoms with E-state index >= 15 is 0 Å². The number of carbonyl (C=O) groups excluding carboxylic acids is 1. The second-order valence-corrected chi connectivity index (χ2v) is 6.38. The summed E-state index contributed by atoms with van der Waals surface area (Å²) in [6.45, 7) is 0.282. The molecule has 0 unspecified atom stereocenters. The number of amides is 1. The molecule has 0 bridgehead atoms. The molecule has 0 spiro atoms. The monoisotopic (exact) mass is 275 g/mol. The molecule has 0 aromatic heterocycles. The van der Waals surface area contributed by atoms with Crippen LogP contribution < -0.4 is 0 Å². The Bertz CT molecular complexity index is 747. The van der Waals surface area contributed by atoms with Crippen molar-refractivity contribution in [3.63, 3.8) is 0 Å². The zero-order valence-corrected chi connectivity index (χ0v) is 11.1. The molecule has 19 heavy (non-hydrogen) atoms. The largest absolute Gasteiger partial charge is 0.274 e. The van der Waals surface area contributed by atoms with Gasteiger partial charge >= 0.3 is 0 Å². The maximum absolute atomic E-state index is 12.6. The zero-order chi connectivity index (χ0) is 13.5. The molecule has 1 amide bonds. The fourth-order valence-corrected chi connectivity index (χ4v) is 4.10. The van der Waals surface area contributed by atoms with E-state index in [4.69, 9.17) is 0 Å². The highest BCUT2D eigenvalue weighted by atomic mass is 32.2. The molecule has 4 nitrogen and oxygen atoms in total. The SMILES string of the molecule is O=C1CCCN1S(=O)(=O)c1cccc2ccccc12. The van der Waals surface area contributed by atoms with Crippen LogP contribution in [0, 0.1) is 0 Å². The average Bonchev–Trinajstić information content (AvgIpc) is 2.85. The van der Waals surface area contributed by atoms with Crippen LogP contribution in [0.3, 0.4) is 0 Å². The normalized spacial score (nSPS) is 16.2. The number of benzene rings is 2. The van der Waals surface area contributed by atoms with Gasteiger partial charge in [-0.05, 0) is 17.9 Å². The van der Waals surface area contributed by atoms with Crippen LogP contribution >= 0.6 is 0 Å². The highest BCUT2D eigenvalue weighted by molar-refractivity contribution is 7.90. The molecule has 1 fully saturated rings. The van der Waals surface area contributed by atoms with Gasteiger partial charge in [-0.1, -0.05) is 36.4 Å². The number of nitrogens with zero attached hydrogens (tertiary/aromatic N) is 1. The van der Waals surface area contributed by atoms with Gasteiger partial charge in [-0.2, -0.15) is 0 Å². The van der Waals surface area contributed by atoms with Crippen molar-refractivity contribution in [2.24, 2.45) is 0 Å². The van der Waals surface area contributed by atoms with E-state index in [1.165, 1.54) is 0 Å². The van der Waals surface area contributed by atoms with Gasteiger partial charge < -0.3 is 0 Å². The first-order valence-electron chi connectivity index (χ1n) is 6.14. The van der Waals surface area contributed by atoms with Gasteiger partial charge in [0.1, 0.15) is 0 Å². The van der Waals surface area contributed by atoms with E-state index in [-0.39, 0.29) is 17.3 Å². The maximum Gasteiger partial charge on any atom is 0.267 e. The Labute approximate surface area is 111 Å². The third kappa shape index (κ3) is 1.90. The Morgan fingerprint density at radius 3 is 2.47 bits per heavy atom. The van der Waals surface area contributed by atoms with Crippen molar-refractivity contribution in [1.29, 1.82) is 0 Å². The molecule has 2 aromatic rings. The molecule has 0 radical (unpaired) electrons. The highest BCUT2D eigenvalue weighted by Gasteiger charge is 2.33. The van der Waals surface area contributed by atoms with Gasteiger partial charge in [0, 0.05) is 18.4 Å². The lowest BCUT2D eigenvalue weighted by molar-refractivity contribution is -0.123. The van der Waals surface area contributed by atoms with Gasteiger partial charge in [0.15, 0.2) is 0 Å². The van der Waals surface area contributed by atoms with E-state index < -0.39 is 10.0 Å². The summed E-state index contributed by atoms with van der Waals surface area (Å²) in [6.07, 6.45) is 0.910. The van der Waals surface area contributed by atoms with E-state index in [0.717, 1.165) is 9.69 Å². The third-order valence-electron chi connectivity index (χ3n) is 3.35. The van der Waals surface area contributed by atoms with Gasteiger partial charge in [0.25, 0.3) is 10.0 Å². The van der Waals surface area contributed by atoms with E-state index in [9.17, 15) is 13.2 Å². The third-order valence-corrected chi connectivity index (χ3v) is 5.23. The van der Waals surface area contributed by atoms with Crippen LogP contribution in [0.2, 0.25) is 0 Å². The van der Waals surface area contributed by atoms with Crippen LogP contribution in [-0.2, 0) is 14.8 Å². The number of rotatable bonds is 2. The Morgan fingerprint density at radius 2 is 1.74 bits per heavy atom. The second-order valence-electron chi connectivity index (χ2n) is 4.55. The number of sulfonamides is 1. The van der Waals surface area contributed by atoms with E-state index in [1.807, 2.05) is 18.2 Å². The van der Waals surface area contributed by atoms with Crippen molar-refractivity contribution in [2.45, 2.75) is 17.7 Å². The molecule has 0 aliphatic carbocycles. The van der Waals surface area contributed by atoms with Crippen LogP contribution in [0.15, 0.2) is 47.4 Å². The average molecular weight is 275 g/mol. The van der Waals surface area contributed by atoms with Crippen molar-refractivity contribution in [3.05, 3.63) is 42.5 Å². The molecular formula is C14H13NO3S. The van der Waals surface area contributed by atoms with Crippen molar-refractivity contribution in [2.75, 3.05) is 6.54 Å². The molecule has 0 atom stereocenters. The standard InChI is InChI=1S/C14H13NO3S/c16-14-9-4-10-15(14)19(17,18)13-8-3-6-11-5-1-2-7-12(11)13/h1-3,5-8H,4,9-10H2. The van der Waals surface area contributed by atoms with Crippen LogP contribution in [0.4, 0.5) is 0 Å². The maximum atomic E-state index is 12.6. The minimum atomic E-state index is -3.73. The molecule has 1 aliphatic rings. The molecule has 1 heterocycles. The molecule has 3 rings (SSSR count). The van der Waals surface area contributed by atoms with Crippen LogP contribution in [0.1, 0.15) is 12.8 Å². The molecule has 1 saturated heterocycles. The van der Waals surface area contributed by atoms with Crippen molar-refractivity contribution in [1.82, 2.24) is 4.31 Å². The van der Waals surface area contributed by atoms with E-state index in [1.54, 1.807) is 24.3 Å². The van der Waals surface area contributed by atoms with Crippen molar-refractivity contribution >= 4 is 26.7 Å². The van der Waals surface area contributed by atoms with Gasteiger partial charge in [-0.25, -0.2) is 12.7 Å². The summed E-state index contributed by atoms with van der Waals surface area (Å²) < 4.78 is 26.1. The summed E-state index contributed by atoms with van der Waals surface area (Å²) in [7, 11) is -3.73. The summed E-state index contributed by atoms with van der Waals surface area (Å²) in [5, 5.41) is 1.51. The van der Waals surface area contributed by atoms with Gasteiger partial charge in [-0.3, -0.25) is 4.79 Å². The summed E-state index contributed by atoms with van der Waals surface area (Å²) in [5.74, 6) is -0.312. The Hall–Kier alpha value is -1.88. The molecule has 1 aliphatic heterocycles. The summed E-state index contributed by atoms with van der Waals surface area (Å²) >= 11 is 0. The number of hydrogen-bond acceptors (Lipinski definition) is 3. The predicted octanol–water partition coefficient (Wildman–Crippen LogP) is 2.15. The van der Waals surface area contributed by atoms with Gasteiger partial charge in [-0.15, -0.1) is 0 Å². The smallest absolute Gasteiger partial charge is 0.267 e. The molecule has 0 N–H and O–H groups in total.